The average molecular weight is 714 g/mol. The van der Waals surface area contributed by atoms with E-state index in [1.807, 2.05) is 4.90 Å². The van der Waals surface area contributed by atoms with Crippen molar-refractivity contribution in [2.45, 2.75) is 64.6 Å². The SMILES string of the molecule is CCc1c(F)ccc2cc(O)cc(-c3c(F)cc4c(N5CCCn6nc(C(=O)N(C)C)cc6C5)nc(OC[C@@]56CCCN5C[C@H](C)C6)nc4c3F)c12. The summed E-state index contributed by atoms with van der Waals surface area (Å²) in [6.07, 6.45) is 3.92. The number of phenols is 1. The number of ether oxygens (including phenoxy) is 1. The van der Waals surface area contributed by atoms with Crippen molar-refractivity contribution in [3.8, 4) is 22.9 Å². The van der Waals surface area contributed by atoms with Gasteiger partial charge in [-0.05, 0) is 96.8 Å². The summed E-state index contributed by atoms with van der Waals surface area (Å²) in [6.45, 7) is 7.62. The number of halogens is 3. The Kier molecular flexibility index (Phi) is 8.51. The summed E-state index contributed by atoms with van der Waals surface area (Å²) in [5, 5.41) is 16.1. The Hall–Kier alpha value is -4.91. The molecule has 2 fully saturated rings. The number of aryl methyl sites for hydroxylation is 2. The zero-order chi connectivity index (χ0) is 36.5. The number of phenolic OH excluding ortho intramolecular Hbond substituents is 1. The predicted molar refractivity (Wildman–Crippen MR) is 192 cm³/mol. The maximum atomic E-state index is 17.2. The van der Waals surface area contributed by atoms with E-state index in [0.29, 0.717) is 59.9 Å². The van der Waals surface area contributed by atoms with Crippen molar-refractivity contribution in [2.75, 3.05) is 45.2 Å². The van der Waals surface area contributed by atoms with E-state index in [1.165, 1.54) is 35.2 Å². The van der Waals surface area contributed by atoms with Crippen molar-refractivity contribution in [1.82, 2.24) is 29.5 Å². The summed E-state index contributed by atoms with van der Waals surface area (Å²) in [5.74, 6) is -1.99. The Morgan fingerprint density at radius 3 is 2.67 bits per heavy atom. The van der Waals surface area contributed by atoms with E-state index in [4.69, 9.17) is 9.72 Å². The highest BCUT2D eigenvalue weighted by molar-refractivity contribution is 6.03. The van der Waals surface area contributed by atoms with Gasteiger partial charge in [-0.25, -0.2) is 13.2 Å². The number of amides is 1. The van der Waals surface area contributed by atoms with Crippen LogP contribution in [0.2, 0.25) is 0 Å². The smallest absolute Gasteiger partial charge is 0.319 e. The molecular formula is C39H42F3N7O3. The lowest BCUT2D eigenvalue weighted by molar-refractivity contribution is 0.0821. The van der Waals surface area contributed by atoms with E-state index in [9.17, 15) is 9.90 Å². The normalized spacial score (nSPS) is 20.4. The van der Waals surface area contributed by atoms with Gasteiger partial charge in [0.25, 0.3) is 5.91 Å². The molecule has 1 N–H and O–H groups in total. The third-order valence-electron chi connectivity index (χ3n) is 11.0. The van der Waals surface area contributed by atoms with Crippen molar-refractivity contribution in [3.05, 3.63) is 70.8 Å². The second kappa shape index (κ2) is 12.9. The number of carbonyl (C=O) groups excluding carboxylic acids is 1. The van der Waals surface area contributed by atoms with Gasteiger partial charge in [-0.15, -0.1) is 0 Å². The van der Waals surface area contributed by atoms with Gasteiger partial charge in [-0.1, -0.05) is 19.9 Å². The topological polar surface area (TPSA) is 99.9 Å². The number of aromatic nitrogens is 4. The Labute approximate surface area is 299 Å². The van der Waals surface area contributed by atoms with Crippen molar-refractivity contribution >= 4 is 33.4 Å². The lowest BCUT2D eigenvalue weighted by atomic mass is 9.91. The minimum atomic E-state index is -0.962. The van der Waals surface area contributed by atoms with Gasteiger partial charge >= 0.3 is 6.01 Å². The first-order chi connectivity index (χ1) is 25.0. The summed E-state index contributed by atoms with van der Waals surface area (Å²) < 4.78 is 57.1. The van der Waals surface area contributed by atoms with Crippen LogP contribution in [0.1, 0.15) is 61.3 Å². The predicted octanol–water partition coefficient (Wildman–Crippen LogP) is 6.70. The summed E-state index contributed by atoms with van der Waals surface area (Å²) in [7, 11) is 3.34. The highest BCUT2D eigenvalue weighted by Gasteiger charge is 2.48. The van der Waals surface area contributed by atoms with Gasteiger partial charge in [-0.3, -0.25) is 14.4 Å². The molecule has 0 bridgehead atoms. The van der Waals surface area contributed by atoms with Crippen molar-refractivity contribution in [1.29, 1.82) is 0 Å². The molecule has 8 rings (SSSR count). The molecule has 10 nitrogen and oxygen atoms in total. The highest BCUT2D eigenvalue weighted by atomic mass is 19.1. The van der Waals surface area contributed by atoms with Crippen LogP contribution in [0.4, 0.5) is 19.0 Å². The largest absolute Gasteiger partial charge is 0.508 e. The average Bonchev–Trinajstić information content (AvgIpc) is 3.74. The van der Waals surface area contributed by atoms with Gasteiger partial charge in [0.15, 0.2) is 11.5 Å². The van der Waals surface area contributed by atoms with Gasteiger partial charge in [0.1, 0.15) is 35.3 Å². The number of rotatable bonds is 7. The number of hydrogen-bond acceptors (Lipinski definition) is 8. The van der Waals surface area contributed by atoms with E-state index in [-0.39, 0.29) is 52.6 Å². The molecule has 1 amide bonds. The molecule has 3 aromatic carbocycles. The van der Waals surface area contributed by atoms with Gasteiger partial charge in [-0.2, -0.15) is 15.1 Å². The summed E-state index contributed by atoms with van der Waals surface area (Å²) >= 11 is 0. The zero-order valence-corrected chi connectivity index (χ0v) is 29.8. The molecule has 3 aliphatic heterocycles. The molecule has 0 unspecified atom stereocenters. The van der Waals surface area contributed by atoms with Crippen LogP contribution in [0.25, 0.3) is 32.8 Å². The molecule has 0 saturated carbocycles. The third kappa shape index (κ3) is 5.69. The molecule has 3 aliphatic rings. The number of carbonyl (C=O) groups is 1. The molecule has 13 heteroatoms. The molecule has 5 heterocycles. The van der Waals surface area contributed by atoms with Crippen LogP contribution in [0.3, 0.4) is 0 Å². The quantitative estimate of drug-likeness (QED) is 0.199. The molecular weight excluding hydrogens is 671 g/mol. The molecule has 0 aliphatic carbocycles. The Morgan fingerprint density at radius 2 is 1.88 bits per heavy atom. The Balaban J connectivity index is 1.29. The van der Waals surface area contributed by atoms with Crippen LogP contribution < -0.4 is 9.64 Å². The number of fused-ring (bicyclic) bond motifs is 4. The first-order valence-electron chi connectivity index (χ1n) is 18.0. The van der Waals surface area contributed by atoms with E-state index < -0.39 is 23.0 Å². The van der Waals surface area contributed by atoms with Crippen LogP contribution in [0.15, 0.2) is 36.4 Å². The first kappa shape index (κ1) is 34.2. The highest BCUT2D eigenvalue weighted by Crippen LogP contribution is 2.44. The van der Waals surface area contributed by atoms with Gasteiger partial charge in [0.2, 0.25) is 0 Å². The summed E-state index contributed by atoms with van der Waals surface area (Å²) in [6, 6.07) is 8.45. The number of benzene rings is 3. The molecule has 52 heavy (non-hydrogen) atoms. The van der Waals surface area contributed by atoms with Crippen molar-refractivity contribution < 1.29 is 27.8 Å². The number of nitrogens with zero attached hydrogens (tertiary/aromatic N) is 7. The lowest BCUT2D eigenvalue weighted by Crippen LogP contribution is -2.43. The standard InChI is InChI=1S/C39H42F3N7O3/c1-5-26-29(40)9-8-23-14-25(50)16-27(32(23)26)33-30(41)17-28-35(34(33)42)43-38(52-21-39-10-6-12-48(39)19-22(2)18-39)44-36(28)47-11-7-13-49-24(20-47)15-31(45-49)37(51)46(3)4/h8-9,14-17,22,50H,5-7,10-13,18-21H2,1-4H3/t22-,39+/m1/s1. The first-order valence-corrected chi connectivity index (χ1v) is 18.0. The molecule has 2 saturated heterocycles. The fourth-order valence-electron chi connectivity index (χ4n) is 8.75. The molecule has 272 valence electrons. The second-order valence-corrected chi connectivity index (χ2v) is 14.8. The molecule has 0 radical (unpaired) electrons. The Morgan fingerprint density at radius 1 is 1.06 bits per heavy atom. The minimum absolute atomic E-state index is 0.0259. The maximum absolute atomic E-state index is 17.2. The fraction of sp³-hybridized carbons (Fsp3) is 0.436. The van der Waals surface area contributed by atoms with Crippen molar-refractivity contribution in [2.24, 2.45) is 5.92 Å². The third-order valence-corrected chi connectivity index (χ3v) is 11.0. The van der Waals surface area contributed by atoms with Gasteiger partial charge in [0.05, 0.1) is 23.3 Å². The number of hydrogen-bond donors (Lipinski definition) is 1. The van der Waals surface area contributed by atoms with E-state index in [1.54, 1.807) is 31.8 Å². The molecule has 0 spiro atoms. The van der Waals surface area contributed by atoms with Crippen LogP contribution >= 0.6 is 0 Å². The van der Waals surface area contributed by atoms with Crippen LogP contribution in [0, 0.1) is 23.4 Å². The number of anilines is 1. The summed E-state index contributed by atoms with van der Waals surface area (Å²) in [4.78, 5) is 28.1. The Bertz CT molecular complexity index is 2240. The zero-order valence-electron chi connectivity index (χ0n) is 29.8. The van der Waals surface area contributed by atoms with Crippen LogP contribution in [-0.4, -0.2) is 86.4 Å². The minimum Gasteiger partial charge on any atom is -0.508 e. The lowest BCUT2D eigenvalue weighted by Gasteiger charge is -2.31. The second-order valence-electron chi connectivity index (χ2n) is 14.8. The maximum Gasteiger partial charge on any atom is 0.319 e. The van der Waals surface area contributed by atoms with Crippen molar-refractivity contribution in [3.63, 3.8) is 0 Å². The van der Waals surface area contributed by atoms with Gasteiger partial charge in [0, 0.05) is 39.1 Å². The van der Waals surface area contributed by atoms with E-state index >= 15 is 13.2 Å². The number of aromatic hydroxyl groups is 1. The fourth-order valence-corrected chi connectivity index (χ4v) is 8.75. The van der Waals surface area contributed by atoms with Gasteiger partial charge < -0.3 is 19.6 Å². The molecule has 2 aromatic heterocycles. The molecule has 5 aromatic rings. The van der Waals surface area contributed by atoms with Crippen LogP contribution in [-0.2, 0) is 19.5 Å². The monoisotopic (exact) mass is 713 g/mol. The van der Waals surface area contributed by atoms with E-state index in [2.05, 4.69) is 21.9 Å². The van der Waals surface area contributed by atoms with Crippen LogP contribution in [0.5, 0.6) is 11.8 Å². The summed E-state index contributed by atoms with van der Waals surface area (Å²) in [5.41, 5.74) is 0.666. The van der Waals surface area contributed by atoms with E-state index in [0.717, 1.165) is 38.0 Å². The molecule has 2 atom stereocenters.